The maximum atomic E-state index is 12.8. The van der Waals surface area contributed by atoms with E-state index < -0.39 is 6.09 Å². The van der Waals surface area contributed by atoms with Gasteiger partial charge >= 0.3 is 6.09 Å². The largest absolute Gasteiger partial charge is 0.446 e. The molecule has 1 aliphatic rings. The van der Waals surface area contributed by atoms with Crippen LogP contribution in [-0.2, 0) is 16.1 Å². The lowest BCUT2D eigenvalue weighted by Crippen LogP contribution is -2.51. The summed E-state index contributed by atoms with van der Waals surface area (Å²) in [5, 5.41) is 8.35. The number of aromatic nitrogens is 3. The van der Waals surface area contributed by atoms with Gasteiger partial charge < -0.3 is 14.2 Å². The number of anilines is 2. The lowest BCUT2D eigenvalue weighted by molar-refractivity contribution is -0.117. The molecule has 168 valence electrons. The summed E-state index contributed by atoms with van der Waals surface area (Å²) in [7, 11) is 0. The van der Waals surface area contributed by atoms with E-state index in [1.54, 1.807) is 22.3 Å². The van der Waals surface area contributed by atoms with E-state index >= 15 is 0 Å². The number of amides is 2. The molecule has 0 saturated heterocycles. The first-order chi connectivity index (χ1) is 15.2. The van der Waals surface area contributed by atoms with Crippen LogP contribution in [0.25, 0.3) is 11.1 Å². The fraction of sp³-hybridized carbons (Fsp3) is 0.391. The van der Waals surface area contributed by atoms with Gasteiger partial charge in [-0.15, -0.1) is 0 Å². The molecule has 4 rings (SSSR count). The number of ether oxygens (including phenoxy) is 1. The number of hydrogen-bond acceptors (Lipinski definition) is 6. The van der Waals surface area contributed by atoms with Gasteiger partial charge in [0.05, 0.1) is 42.0 Å². The van der Waals surface area contributed by atoms with Gasteiger partial charge in [-0.2, -0.15) is 5.10 Å². The van der Waals surface area contributed by atoms with Crippen molar-refractivity contribution in [3.63, 3.8) is 0 Å². The van der Waals surface area contributed by atoms with Gasteiger partial charge in [-0.3, -0.25) is 14.4 Å². The number of rotatable bonds is 4. The van der Waals surface area contributed by atoms with E-state index in [9.17, 15) is 9.59 Å². The van der Waals surface area contributed by atoms with Crippen molar-refractivity contribution in [2.24, 2.45) is 0 Å². The van der Waals surface area contributed by atoms with E-state index in [0.29, 0.717) is 24.5 Å². The quantitative estimate of drug-likeness (QED) is 0.612. The summed E-state index contributed by atoms with van der Waals surface area (Å²) >= 11 is 0. The van der Waals surface area contributed by atoms with E-state index in [4.69, 9.17) is 9.26 Å². The zero-order chi connectivity index (χ0) is 23.0. The maximum absolute atomic E-state index is 12.8. The predicted octanol–water partition coefficient (Wildman–Crippen LogP) is 4.00. The van der Waals surface area contributed by atoms with Crippen LogP contribution < -0.4 is 9.80 Å². The second-order valence-electron chi connectivity index (χ2n) is 8.34. The van der Waals surface area contributed by atoms with Crippen molar-refractivity contribution in [3.05, 3.63) is 48.1 Å². The van der Waals surface area contributed by atoms with Crippen molar-refractivity contribution in [1.82, 2.24) is 14.9 Å². The van der Waals surface area contributed by atoms with Crippen molar-refractivity contribution >= 4 is 23.4 Å². The van der Waals surface area contributed by atoms with Crippen molar-refractivity contribution in [2.75, 3.05) is 16.3 Å². The average molecular weight is 438 g/mol. The lowest BCUT2D eigenvalue weighted by atomic mass is 10.0. The molecule has 0 aliphatic carbocycles. The zero-order valence-corrected chi connectivity index (χ0v) is 18.9. The summed E-state index contributed by atoms with van der Waals surface area (Å²) in [6, 6.07) is 5.55. The number of carbonyl (C=O) groups excluding carboxylic acids is 2. The first-order valence-corrected chi connectivity index (χ1v) is 10.6. The zero-order valence-electron chi connectivity index (χ0n) is 18.9. The molecule has 2 aromatic heterocycles. The van der Waals surface area contributed by atoms with Gasteiger partial charge in [0.1, 0.15) is 6.26 Å². The second kappa shape index (κ2) is 8.49. The molecular formula is C23H27N5O4. The van der Waals surface area contributed by atoms with E-state index in [2.05, 4.69) is 10.3 Å². The molecule has 32 heavy (non-hydrogen) atoms. The molecule has 1 aliphatic heterocycles. The Balaban J connectivity index is 1.70. The molecule has 9 heteroatoms. The topological polar surface area (TPSA) is 93.7 Å². The Morgan fingerprint density at radius 3 is 2.69 bits per heavy atom. The summed E-state index contributed by atoms with van der Waals surface area (Å²) in [5.74, 6) is -0.0692. The fourth-order valence-corrected chi connectivity index (χ4v) is 3.96. The molecule has 1 atom stereocenters. The van der Waals surface area contributed by atoms with E-state index in [0.717, 1.165) is 22.4 Å². The number of aryl methyl sites for hydroxylation is 1. The molecule has 0 spiro atoms. The SMILES string of the molecule is CC(=O)N1c2ccc(-c3cnn(Cc4conc4C)c3)cc2N(C(=O)OC(C)C)C[C@@H]1C. The lowest BCUT2D eigenvalue weighted by Gasteiger charge is -2.40. The highest BCUT2D eigenvalue weighted by Gasteiger charge is 2.34. The van der Waals surface area contributed by atoms with E-state index in [1.165, 1.54) is 6.92 Å². The molecule has 3 aromatic rings. The predicted molar refractivity (Wildman–Crippen MR) is 120 cm³/mol. The van der Waals surface area contributed by atoms with Crippen molar-refractivity contribution in [1.29, 1.82) is 0 Å². The Morgan fingerprint density at radius 1 is 1.25 bits per heavy atom. The molecule has 0 bridgehead atoms. The van der Waals surface area contributed by atoms with Crippen LogP contribution >= 0.6 is 0 Å². The van der Waals surface area contributed by atoms with E-state index in [1.807, 2.05) is 56.8 Å². The minimum Gasteiger partial charge on any atom is -0.446 e. The van der Waals surface area contributed by atoms with Crippen LogP contribution in [0.2, 0.25) is 0 Å². The highest BCUT2D eigenvalue weighted by atomic mass is 16.6. The summed E-state index contributed by atoms with van der Waals surface area (Å²) in [6.45, 7) is 9.87. The summed E-state index contributed by atoms with van der Waals surface area (Å²) in [6.07, 6.45) is 4.65. The Morgan fingerprint density at radius 2 is 2.03 bits per heavy atom. The molecular weight excluding hydrogens is 410 g/mol. The minimum atomic E-state index is -0.424. The highest BCUT2D eigenvalue weighted by molar-refractivity contribution is 6.03. The van der Waals surface area contributed by atoms with Crippen LogP contribution in [0.3, 0.4) is 0 Å². The van der Waals surface area contributed by atoms with Crippen molar-refractivity contribution in [3.8, 4) is 11.1 Å². The molecule has 9 nitrogen and oxygen atoms in total. The summed E-state index contributed by atoms with van der Waals surface area (Å²) < 4.78 is 12.3. The van der Waals surface area contributed by atoms with Crippen LogP contribution in [0.1, 0.15) is 39.0 Å². The van der Waals surface area contributed by atoms with Gasteiger partial charge in [-0.05, 0) is 45.4 Å². The normalized spacial score (nSPS) is 15.8. The van der Waals surface area contributed by atoms with Gasteiger partial charge in [0.15, 0.2) is 0 Å². The third-order valence-electron chi connectivity index (χ3n) is 5.46. The highest BCUT2D eigenvalue weighted by Crippen LogP contribution is 2.39. The molecule has 1 aromatic carbocycles. The first kappa shape index (κ1) is 21.6. The van der Waals surface area contributed by atoms with Crippen LogP contribution in [0, 0.1) is 6.92 Å². The van der Waals surface area contributed by atoms with Crippen LogP contribution in [0.5, 0.6) is 0 Å². The first-order valence-electron chi connectivity index (χ1n) is 10.6. The van der Waals surface area contributed by atoms with Crippen LogP contribution in [-0.4, -0.2) is 45.6 Å². The van der Waals surface area contributed by atoms with Gasteiger partial charge in [0.25, 0.3) is 0 Å². The van der Waals surface area contributed by atoms with Crippen molar-refractivity contribution < 1.29 is 18.8 Å². The Bertz CT molecular complexity index is 1150. The third kappa shape index (κ3) is 4.10. The number of benzene rings is 1. The number of fused-ring (bicyclic) bond motifs is 1. The number of nitrogens with zero attached hydrogens (tertiary/aromatic N) is 5. The minimum absolute atomic E-state index is 0.0692. The smallest absolute Gasteiger partial charge is 0.414 e. The fourth-order valence-electron chi connectivity index (χ4n) is 3.96. The molecule has 2 amide bonds. The van der Waals surface area contributed by atoms with Gasteiger partial charge in [-0.25, -0.2) is 4.79 Å². The monoisotopic (exact) mass is 437 g/mol. The van der Waals surface area contributed by atoms with Crippen molar-refractivity contribution in [2.45, 2.75) is 53.3 Å². The number of carbonyl (C=O) groups is 2. The van der Waals surface area contributed by atoms with Crippen LogP contribution in [0.4, 0.5) is 16.2 Å². The molecule has 0 fully saturated rings. The molecule has 0 unspecified atom stereocenters. The Labute approximate surface area is 186 Å². The van der Waals surface area contributed by atoms with Gasteiger partial charge in [0, 0.05) is 30.8 Å². The molecule has 0 radical (unpaired) electrons. The Hall–Kier alpha value is -3.62. The van der Waals surface area contributed by atoms with Gasteiger partial charge in [0.2, 0.25) is 5.91 Å². The second-order valence-corrected chi connectivity index (χ2v) is 8.34. The summed E-state index contributed by atoms with van der Waals surface area (Å²) in [5.41, 5.74) is 4.90. The molecule has 0 saturated carbocycles. The maximum Gasteiger partial charge on any atom is 0.414 e. The molecule has 3 heterocycles. The van der Waals surface area contributed by atoms with Gasteiger partial charge in [-0.1, -0.05) is 11.2 Å². The van der Waals surface area contributed by atoms with Crippen LogP contribution in [0.15, 0.2) is 41.4 Å². The number of hydrogen-bond donors (Lipinski definition) is 0. The third-order valence-corrected chi connectivity index (χ3v) is 5.46. The van der Waals surface area contributed by atoms with E-state index in [-0.39, 0.29) is 18.1 Å². The average Bonchev–Trinajstić information content (AvgIpc) is 3.35. The standard InChI is InChI=1S/C23H27N5O4/c1-14(2)32-23(30)27-10-15(3)28(17(5)29)21-7-6-18(8-22(21)27)19-9-24-26(11-19)12-20-13-31-25-16(20)4/h6-9,11,13-15H,10,12H2,1-5H3/t15-/m0/s1. The molecule has 0 N–H and O–H groups in total. The summed E-state index contributed by atoms with van der Waals surface area (Å²) in [4.78, 5) is 28.5. The Kier molecular flexibility index (Phi) is 5.73.